The Labute approximate surface area is 128 Å². The van der Waals surface area contributed by atoms with Gasteiger partial charge in [-0.1, -0.05) is 0 Å². The highest BCUT2D eigenvalue weighted by atomic mass is 16.5. The van der Waals surface area contributed by atoms with Gasteiger partial charge in [0.2, 0.25) is 0 Å². The predicted molar refractivity (Wildman–Crippen MR) is 82.2 cm³/mol. The molecule has 2 aliphatic heterocycles. The molecule has 21 heavy (non-hydrogen) atoms. The van der Waals surface area contributed by atoms with Crippen LogP contribution >= 0.6 is 0 Å². The first-order valence-corrected chi connectivity index (χ1v) is 8.23. The molecule has 0 aliphatic carbocycles. The molecule has 2 rings (SSSR count). The van der Waals surface area contributed by atoms with Gasteiger partial charge in [0.05, 0.1) is 25.7 Å². The summed E-state index contributed by atoms with van der Waals surface area (Å²) in [7, 11) is 1.46. The van der Waals surface area contributed by atoms with E-state index in [0.29, 0.717) is 18.6 Å². The number of esters is 1. The topological polar surface area (TPSA) is 42.0 Å². The minimum Gasteiger partial charge on any atom is -0.469 e. The third-order valence-corrected chi connectivity index (χ3v) is 4.58. The fourth-order valence-corrected chi connectivity index (χ4v) is 3.54. The molecule has 0 aromatic rings. The van der Waals surface area contributed by atoms with Crippen LogP contribution in [0.4, 0.5) is 0 Å². The summed E-state index contributed by atoms with van der Waals surface area (Å²) in [5.74, 6) is 0.685. The summed E-state index contributed by atoms with van der Waals surface area (Å²) in [6.07, 6.45) is 3.70. The molecule has 0 N–H and O–H groups in total. The van der Waals surface area contributed by atoms with Crippen molar-refractivity contribution in [2.24, 2.45) is 5.92 Å². The number of nitrogens with zero attached hydrogens (tertiary/aromatic N) is 2. The van der Waals surface area contributed by atoms with Crippen molar-refractivity contribution >= 4 is 5.97 Å². The van der Waals surface area contributed by atoms with E-state index in [1.165, 1.54) is 26.5 Å². The molecule has 2 heterocycles. The Morgan fingerprint density at radius 3 is 2.33 bits per heavy atom. The van der Waals surface area contributed by atoms with E-state index < -0.39 is 0 Å². The second kappa shape index (κ2) is 8.11. The summed E-state index contributed by atoms with van der Waals surface area (Å²) >= 11 is 0. The van der Waals surface area contributed by atoms with E-state index in [2.05, 4.69) is 23.6 Å². The summed E-state index contributed by atoms with van der Waals surface area (Å²) < 4.78 is 10.5. The molecule has 2 saturated heterocycles. The molecule has 122 valence electrons. The quantitative estimate of drug-likeness (QED) is 0.717. The lowest BCUT2D eigenvalue weighted by Gasteiger charge is -2.39. The van der Waals surface area contributed by atoms with Gasteiger partial charge < -0.3 is 14.4 Å². The third kappa shape index (κ3) is 5.57. The van der Waals surface area contributed by atoms with Gasteiger partial charge >= 0.3 is 5.97 Å². The molecule has 0 unspecified atom stereocenters. The van der Waals surface area contributed by atoms with Gasteiger partial charge in [-0.25, -0.2) is 0 Å². The highest BCUT2D eigenvalue weighted by molar-refractivity contribution is 5.69. The number of hydrogen-bond acceptors (Lipinski definition) is 5. The van der Waals surface area contributed by atoms with Crippen LogP contribution in [-0.2, 0) is 14.3 Å². The maximum Gasteiger partial charge on any atom is 0.306 e. The lowest BCUT2D eigenvalue weighted by atomic mass is 9.95. The lowest BCUT2D eigenvalue weighted by Crippen LogP contribution is -2.48. The van der Waals surface area contributed by atoms with Gasteiger partial charge in [0.15, 0.2) is 0 Å². The van der Waals surface area contributed by atoms with Crippen LogP contribution in [0.2, 0.25) is 0 Å². The Balaban J connectivity index is 1.65. The van der Waals surface area contributed by atoms with Crippen LogP contribution < -0.4 is 0 Å². The average Bonchev–Trinajstić information content (AvgIpc) is 2.45. The highest BCUT2D eigenvalue weighted by Gasteiger charge is 2.26. The summed E-state index contributed by atoms with van der Waals surface area (Å²) in [5, 5.41) is 0. The number of rotatable bonds is 5. The monoisotopic (exact) mass is 298 g/mol. The third-order valence-electron chi connectivity index (χ3n) is 4.58. The molecular formula is C16H30N2O3. The summed E-state index contributed by atoms with van der Waals surface area (Å²) in [4.78, 5) is 16.1. The second-order valence-electron chi connectivity index (χ2n) is 6.59. The molecule has 0 bridgehead atoms. The maximum atomic E-state index is 11.2. The number of likely N-dealkylation sites (tertiary alicyclic amines) is 1. The van der Waals surface area contributed by atoms with Crippen LogP contribution in [0.3, 0.4) is 0 Å². The number of hydrogen-bond donors (Lipinski definition) is 0. The largest absolute Gasteiger partial charge is 0.469 e. The van der Waals surface area contributed by atoms with Crippen LogP contribution in [-0.4, -0.2) is 74.4 Å². The highest BCUT2D eigenvalue weighted by Crippen LogP contribution is 2.21. The van der Waals surface area contributed by atoms with E-state index in [1.807, 2.05) is 0 Å². The molecule has 5 nitrogen and oxygen atoms in total. The first-order valence-electron chi connectivity index (χ1n) is 8.23. The van der Waals surface area contributed by atoms with Gasteiger partial charge in [0.1, 0.15) is 0 Å². The zero-order valence-corrected chi connectivity index (χ0v) is 13.7. The van der Waals surface area contributed by atoms with Crippen molar-refractivity contribution in [3.63, 3.8) is 0 Å². The van der Waals surface area contributed by atoms with Gasteiger partial charge in [-0.3, -0.25) is 9.69 Å². The van der Waals surface area contributed by atoms with Crippen LogP contribution in [0.15, 0.2) is 0 Å². The van der Waals surface area contributed by atoms with E-state index in [0.717, 1.165) is 38.6 Å². The van der Waals surface area contributed by atoms with E-state index in [-0.39, 0.29) is 5.97 Å². The van der Waals surface area contributed by atoms with Crippen LogP contribution in [0.25, 0.3) is 0 Å². The SMILES string of the molecule is COC(=O)CCN1CCC(CN2C[C@H](C)O[C@@H](C)C2)CC1. The van der Waals surface area contributed by atoms with Crippen LogP contribution in [0, 0.1) is 5.92 Å². The molecule has 5 heteroatoms. The van der Waals surface area contributed by atoms with Crippen molar-refractivity contribution in [2.75, 3.05) is 46.4 Å². The number of piperidine rings is 1. The number of methoxy groups -OCH3 is 1. The van der Waals surface area contributed by atoms with Crippen molar-refractivity contribution in [3.8, 4) is 0 Å². The molecule has 0 aromatic carbocycles. The molecule has 0 amide bonds. The number of carbonyl (C=O) groups is 1. The predicted octanol–water partition coefficient (Wildman–Crippen LogP) is 1.37. The van der Waals surface area contributed by atoms with E-state index >= 15 is 0 Å². The Hall–Kier alpha value is -0.650. The summed E-state index contributed by atoms with van der Waals surface area (Å²) in [5.41, 5.74) is 0. The van der Waals surface area contributed by atoms with Crippen molar-refractivity contribution in [2.45, 2.75) is 45.3 Å². The summed E-state index contributed by atoms with van der Waals surface area (Å²) in [6.45, 7) is 10.7. The van der Waals surface area contributed by atoms with Crippen molar-refractivity contribution in [1.29, 1.82) is 0 Å². The average molecular weight is 298 g/mol. The Morgan fingerprint density at radius 1 is 1.14 bits per heavy atom. The Morgan fingerprint density at radius 2 is 1.76 bits per heavy atom. The zero-order chi connectivity index (χ0) is 15.2. The lowest BCUT2D eigenvalue weighted by molar-refractivity contribution is -0.141. The van der Waals surface area contributed by atoms with Crippen LogP contribution in [0.5, 0.6) is 0 Å². The van der Waals surface area contributed by atoms with Crippen LogP contribution in [0.1, 0.15) is 33.1 Å². The van der Waals surface area contributed by atoms with Gasteiger partial charge in [-0.05, 0) is 45.7 Å². The molecule has 2 aliphatic rings. The number of morpholine rings is 1. The molecule has 2 atom stereocenters. The maximum absolute atomic E-state index is 11.2. The molecule has 0 spiro atoms. The van der Waals surface area contributed by atoms with Gasteiger partial charge in [-0.2, -0.15) is 0 Å². The fraction of sp³-hybridized carbons (Fsp3) is 0.938. The van der Waals surface area contributed by atoms with Crippen molar-refractivity contribution in [3.05, 3.63) is 0 Å². The smallest absolute Gasteiger partial charge is 0.306 e. The number of carbonyl (C=O) groups excluding carboxylic acids is 1. The molecule has 0 radical (unpaired) electrons. The standard InChI is InChI=1S/C16H30N2O3/c1-13-10-18(11-14(2)21-13)12-15-4-7-17(8-5-15)9-6-16(19)20-3/h13-15H,4-12H2,1-3H3/t13-,14-/m0/s1. The van der Waals surface area contributed by atoms with E-state index in [4.69, 9.17) is 9.47 Å². The molecular weight excluding hydrogens is 268 g/mol. The first kappa shape index (κ1) is 16.7. The molecule has 0 aromatic heterocycles. The fourth-order valence-electron chi connectivity index (χ4n) is 3.54. The van der Waals surface area contributed by atoms with E-state index in [9.17, 15) is 4.79 Å². The minimum absolute atomic E-state index is 0.103. The minimum atomic E-state index is -0.103. The van der Waals surface area contributed by atoms with Crippen molar-refractivity contribution < 1.29 is 14.3 Å². The normalized spacial score (nSPS) is 29.5. The van der Waals surface area contributed by atoms with Gasteiger partial charge in [0, 0.05) is 26.2 Å². The Bertz CT molecular complexity index is 319. The van der Waals surface area contributed by atoms with E-state index in [1.54, 1.807) is 0 Å². The van der Waals surface area contributed by atoms with Gasteiger partial charge in [-0.15, -0.1) is 0 Å². The Kier molecular flexibility index (Phi) is 6.45. The summed E-state index contributed by atoms with van der Waals surface area (Å²) in [6, 6.07) is 0. The first-order chi connectivity index (χ1) is 10.1. The molecule has 0 saturated carbocycles. The zero-order valence-electron chi connectivity index (χ0n) is 13.7. The van der Waals surface area contributed by atoms with Crippen molar-refractivity contribution in [1.82, 2.24) is 9.80 Å². The second-order valence-corrected chi connectivity index (χ2v) is 6.59. The molecule has 2 fully saturated rings. The number of ether oxygens (including phenoxy) is 2. The van der Waals surface area contributed by atoms with Gasteiger partial charge in [0.25, 0.3) is 0 Å².